The van der Waals surface area contributed by atoms with Crippen LogP contribution in [0.15, 0.2) is 24.3 Å². The topological polar surface area (TPSA) is 71.8 Å². The first-order chi connectivity index (χ1) is 11.1. The van der Waals surface area contributed by atoms with Gasteiger partial charge >= 0.3 is 0 Å². The van der Waals surface area contributed by atoms with E-state index in [9.17, 15) is 4.79 Å². The lowest BCUT2D eigenvalue weighted by Gasteiger charge is -2.09. The first-order valence-electron chi connectivity index (χ1n) is 7.46. The summed E-state index contributed by atoms with van der Waals surface area (Å²) in [6.07, 6.45) is 0. The molecule has 2 heterocycles. The van der Waals surface area contributed by atoms with E-state index in [0.717, 1.165) is 27.6 Å². The van der Waals surface area contributed by atoms with Crippen molar-refractivity contribution in [2.24, 2.45) is 0 Å². The molecule has 0 radical (unpaired) electrons. The third-order valence-electron chi connectivity index (χ3n) is 3.78. The number of nitrogens with zero attached hydrogens (tertiary/aromatic N) is 3. The molecule has 0 spiro atoms. The van der Waals surface area contributed by atoms with Gasteiger partial charge in [-0.15, -0.1) is 0 Å². The fourth-order valence-electron chi connectivity index (χ4n) is 2.66. The number of hydrogen-bond donors (Lipinski definition) is 2. The summed E-state index contributed by atoms with van der Waals surface area (Å²) in [4.78, 5) is 16.9. The average molecular weight is 329 g/mol. The van der Waals surface area contributed by atoms with Crippen molar-refractivity contribution in [2.75, 3.05) is 18.9 Å². The molecule has 0 saturated heterocycles. The second-order valence-corrected chi connectivity index (χ2v) is 6.05. The molecule has 0 aliphatic carbocycles. The molecular formula is C16H19N5OS. The standard InChI is InChI=1S/C16H19N5OS/c1-10-14(16(17-3)23-20-10)15(22)18-8-9-21-11(2)19-12-6-4-5-7-13(12)21/h4-7,17H,8-9H2,1-3H3,(H,18,22). The van der Waals surface area contributed by atoms with Crippen LogP contribution in [-0.4, -0.2) is 33.4 Å². The number of anilines is 1. The SMILES string of the molecule is CNc1snc(C)c1C(=O)NCCn1c(C)nc2ccccc21. The Balaban J connectivity index is 1.70. The molecule has 6 nitrogen and oxygen atoms in total. The van der Waals surface area contributed by atoms with Crippen LogP contribution in [0.25, 0.3) is 11.0 Å². The van der Waals surface area contributed by atoms with Crippen LogP contribution in [0.3, 0.4) is 0 Å². The van der Waals surface area contributed by atoms with E-state index in [0.29, 0.717) is 18.7 Å². The van der Waals surface area contributed by atoms with Gasteiger partial charge < -0.3 is 15.2 Å². The zero-order valence-electron chi connectivity index (χ0n) is 13.4. The molecule has 3 rings (SSSR count). The quantitative estimate of drug-likeness (QED) is 0.755. The molecule has 0 unspecified atom stereocenters. The number of fused-ring (bicyclic) bond motifs is 1. The van der Waals surface area contributed by atoms with E-state index in [4.69, 9.17) is 0 Å². The van der Waals surface area contributed by atoms with Gasteiger partial charge in [-0.2, -0.15) is 4.37 Å². The minimum atomic E-state index is -0.0947. The highest BCUT2D eigenvalue weighted by Gasteiger charge is 2.17. The number of aromatic nitrogens is 3. The van der Waals surface area contributed by atoms with Crippen molar-refractivity contribution in [3.05, 3.63) is 41.3 Å². The van der Waals surface area contributed by atoms with Crippen molar-refractivity contribution >= 4 is 33.5 Å². The minimum Gasteiger partial charge on any atom is -0.378 e. The predicted octanol–water partition coefficient (Wildman–Crippen LogP) is 2.58. The van der Waals surface area contributed by atoms with Crippen LogP contribution in [0.1, 0.15) is 21.9 Å². The molecule has 7 heteroatoms. The van der Waals surface area contributed by atoms with Crippen molar-refractivity contribution in [1.29, 1.82) is 0 Å². The van der Waals surface area contributed by atoms with Crippen molar-refractivity contribution in [2.45, 2.75) is 20.4 Å². The van der Waals surface area contributed by atoms with Crippen LogP contribution in [0.4, 0.5) is 5.00 Å². The van der Waals surface area contributed by atoms with Gasteiger partial charge in [0.25, 0.3) is 5.91 Å². The number of aryl methyl sites for hydroxylation is 2. The first kappa shape index (κ1) is 15.5. The number of para-hydroxylation sites is 2. The van der Waals surface area contributed by atoms with Gasteiger partial charge in [0.1, 0.15) is 10.8 Å². The highest BCUT2D eigenvalue weighted by molar-refractivity contribution is 7.10. The normalized spacial score (nSPS) is 10.9. The second-order valence-electron chi connectivity index (χ2n) is 5.28. The van der Waals surface area contributed by atoms with E-state index in [2.05, 4.69) is 24.6 Å². The summed E-state index contributed by atoms with van der Waals surface area (Å²) in [6.45, 7) is 5.05. The fourth-order valence-corrected chi connectivity index (χ4v) is 3.40. The molecule has 2 N–H and O–H groups in total. The zero-order chi connectivity index (χ0) is 16.4. The summed E-state index contributed by atoms with van der Waals surface area (Å²) in [5.41, 5.74) is 3.45. The Bertz CT molecular complexity index is 851. The maximum absolute atomic E-state index is 12.4. The summed E-state index contributed by atoms with van der Waals surface area (Å²) >= 11 is 1.30. The van der Waals surface area contributed by atoms with E-state index >= 15 is 0 Å². The number of amides is 1. The number of carbonyl (C=O) groups excluding carboxylic acids is 1. The minimum absolute atomic E-state index is 0.0947. The molecule has 0 bridgehead atoms. The van der Waals surface area contributed by atoms with Gasteiger partial charge in [0.15, 0.2) is 0 Å². The highest BCUT2D eigenvalue weighted by atomic mass is 32.1. The molecular weight excluding hydrogens is 310 g/mol. The number of imidazole rings is 1. The van der Waals surface area contributed by atoms with Crippen LogP contribution < -0.4 is 10.6 Å². The molecule has 23 heavy (non-hydrogen) atoms. The fraction of sp³-hybridized carbons (Fsp3) is 0.312. The molecule has 0 aliphatic heterocycles. The monoisotopic (exact) mass is 329 g/mol. The smallest absolute Gasteiger partial charge is 0.256 e. The van der Waals surface area contributed by atoms with Gasteiger partial charge in [-0.1, -0.05) is 12.1 Å². The largest absolute Gasteiger partial charge is 0.378 e. The number of rotatable bonds is 5. The number of hydrogen-bond acceptors (Lipinski definition) is 5. The first-order valence-corrected chi connectivity index (χ1v) is 8.23. The Kier molecular flexibility index (Phi) is 4.29. The van der Waals surface area contributed by atoms with Crippen LogP contribution in [0.5, 0.6) is 0 Å². The van der Waals surface area contributed by atoms with E-state index in [1.807, 2.05) is 38.1 Å². The predicted molar refractivity (Wildman–Crippen MR) is 93.2 cm³/mol. The summed E-state index contributed by atoms with van der Waals surface area (Å²) in [5.74, 6) is 0.854. The van der Waals surface area contributed by atoms with Gasteiger partial charge in [0.2, 0.25) is 0 Å². The molecule has 0 atom stereocenters. The van der Waals surface area contributed by atoms with Gasteiger partial charge in [-0.05, 0) is 37.5 Å². The average Bonchev–Trinajstić information content (AvgIpc) is 3.07. The van der Waals surface area contributed by atoms with Crippen molar-refractivity contribution in [3.63, 3.8) is 0 Å². The summed E-state index contributed by atoms with van der Waals surface area (Å²) < 4.78 is 6.34. The van der Waals surface area contributed by atoms with Crippen molar-refractivity contribution in [3.8, 4) is 0 Å². The second kappa shape index (κ2) is 6.37. The summed E-state index contributed by atoms with van der Waals surface area (Å²) in [5, 5.41) is 6.78. The number of nitrogens with one attached hydrogen (secondary N) is 2. The van der Waals surface area contributed by atoms with E-state index < -0.39 is 0 Å². The van der Waals surface area contributed by atoms with Gasteiger partial charge in [-0.3, -0.25) is 4.79 Å². The Morgan fingerprint density at radius 3 is 2.87 bits per heavy atom. The number of benzene rings is 1. The summed E-state index contributed by atoms with van der Waals surface area (Å²) in [7, 11) is 1.80. The lowest BCUT2D eigenvalue weighted by molar-refractivity contribution is 0.0952. The van der Waals surface area contributed by atoms with Crippen LogP contribution in [0, 0.1) is 13.8 Å². The molecule has 3 aromatic rings. The van der Waals surface area contributed by atoms with Gasteiger partial charge in [0, 0.05) is 20.1 Å². The van der Waals surface area contributed by atoms with E-state index in [1.165, 1.54) is 11.5 Å². The number of carbonyl (C=O) groups is 1. The van der Waals surface area contributed by atoms with Crippen molar-refractivity contribution in [1.82, 2.24) is 19.2 Å². The zero-order valence-corrected chi connectivity index (χ0v) is 14.2. The maximum Gasteiger partial charge on any atom is 0.256 e. The van der Waals surface area contributed by atoms with Crippen LogP contribution in [0.2, 0.25) is 0 Å². The van der Waals surface area contributed by atoms with E-state index in [1.54, 1.807) is 7.05 Å². The molecule has 2 aromatic heterocycles. The Morgan fingerprint density at radius 2 is 2.09 bits per heavy atom. The molecule has 1 aromatic carbocycles. The molecule has 120 valence electrons. The molecule has 0 fully saturated rings. The van der Waals surface area contributed by atoms with Crippen molar-refractivity contribution < 1.29 is 4.79 Å². The van der Waals surface area contributed by atoms with Crippen LogP contribution >= 0.6 is 11.5 Å². The lowest BCUT2D eigenvalue weighted by atomic mass is 10.2. The van der Waals surface area contributed by atoms with Gasteiger partial charge in [0.05, 0.1) is 22.3 Å². The van der Waals surface area contributed by atoms with E-state index in [-0.39, 0.29) is 5.91 Å². The highest BCUT2D eigenvalue weighted by Crippen LogP contribution is 2.23. The Morgan fingerprint density at radius 1 is 1.30 bits per heavy atom. The molecule has 1 amide bonds. The molecule has 0 saturated carbocycles. The lowest BCUT2D eigenvalue weighted by Crippen LogP contribution is -2.28. The third-order valence-corrected chi connectivity index (χ3v) is 4.74. The maximum atomic E-state index is 12.4. The molecule has 0 aliphatic rings. The Hall–Kier alpha value is -2.41. The van der Waals surface area contributed by atoms with Crippen LogP contribution in [-0.2, 0) is 6.54 Å². The summed E-state index contributed by atoms with van der Waals surface area (Å²) in [6, 6.07) is 8.02. The van der Waals surface area contributed by atoms with Gasteiger partial charge in [-0.25, -0.2) is 4.98 Å². The Labute approximate surface area is 138 Å². The third kappa shape index (κ3) is 2.92.